The highest BCUT2D eigenvalue weighted by atomic mass is 32.2. The lowest BCUT2D eigenvalue weighted by molar-refractivity contribution is -0.149. The van der Waals surface area contributed by atoms with Gasteiger partial charge in [0, 0.05) is 18.0 Å². The van der Waals surface area contributed by atoms with Crippen LogP contribution in [-0.2, 0) is 26.1 Å². The van der Waals surface area contributed by atoms with Gasteiger partial charge in [-0.15, -0.1) is 0 Å². The maximum absolute atomic E-state index is 12.7. The molecular weight excluding hydrogens is 366 g/mol. The minimum Gasteiger partial charge on any atom is -0.466 e. The minimum atomic E-state index is -1.23. The minimum absolute atomic E-state index is 0.208. The number of piperidine rings is 1. The average Bonchev–Trinajstić information content (AvgIpc) is 3.16. The lowest BCUT2D eigenvalue weighted by Gasteiger charge is -2.30. The van der Waals surface area contributed by atoms with Crippen LogP contribution < -0.4 is 0 Å². The maximum atomic E-state index is 12.7. The molecule has 0 bridgehead atoms. The fraction of sp³-hybridized carbons (Fsp3) is 0.400. The van der Waals surface area contributed by atoms with Gasteiger partial charge in [-0.2, -0.15) is 0 Å². The molecule has 2 aromatic rings. The summed E-state index contributed by atoms with van der Waals surface area (Å²) in [5, 5.41) is 0. The van der Waals surface area contributed by atoms with Crippen LogP contribution in [-0.4, -0.2) is 40.7 Å². The van der Waals surface area contributed by atoms with Gasteiger partial charge in [0.2, 0.25) is 0 Å². The molecule has 27 heavy (non-hydrogen) atoms. The van der Waals surface area contributed by atoms with Crippen molar-refractivity contribution in [3.8, 4) is 0 Å². The Bertz CT molecular complexity index is 817. The van der Waals surface area contributed by atoms with Crippen molar-refractivity contribution in [2.24, 2.45) is 5.92 Å². The number of furan rings is 1. The molecule has 3 rings (SSSR count). The molecule has 1 aliphatic heterocycles. The standard InChI is InChI=1S/C20H23NO5S/c1-2-25-20(23)15-7-6-12-21(13-15)19(22)18-11-10-16(26-18)14-27(24)17-8-4-3-5-9-17/h3-5,8-11,15H,2,6-7,12-14H2,1H3/t15-,27-/m0/s1. The number of esters is 1. The number of carbonyl (C=O) groups excluding carboxylic acids is 2. The SMILES string of the molecule is CCOC(=O)[C@H]1CCCN(C(=O)c2ccc(C[S@](=O)c3ccccc3)o2)C1. The summed E-state index contributed by atoms with van der Waals surface area (Å²) in [7, 11) is -1.23. The molecule has 0 spiro atoms. The normalized spacial score (nSPS) is 18.1. The third-order valence-electron chi connectivity index (χ3n) is 4.48. The van der Waals surface area contributed by atoms with Crippen LogP contribution in [0.3, 0.4) is 0 Å². The van der Waals surface area contributed by atoms with Crippen molar-refractivity contribution < 1.29 is 23.0 Å². The molecular formula is C20H23NO5S. The third kappa shape index (κ3) is 4.86. The topological polar surface area (TPSA) is 76.8 Å². The van der Waals surface area contributed by atoms with Crippen LogP contribution >= 0.6 is 0 Å². The van der Waals surface area contributed by atoms with E-state index in [-0.39, 0.29) is 29.3 Å². The predicted octanol–water partition coefficient (Wildman–Crippen LogP) is 3.00. The van der Waals surface area contributed by atoms with Crippen LogP contribution in [0.4, 0.5) is 0 Å². The Kier molecular flexibility index (Phi) is 6.45. The Morgan fingerprint density at radius 3 is 2.74 bits per heavy atom. The molecule has 6 nitrogen and oxygen atoms in total. The zero-order valence-electron chi connectivity index (χ0n) is 15.3. The fourth-order valence-corrected chi connectivity index (χ4v) is 4.17. The number of hydrogen-bond donors (Lipinski definition) is 0. The fourth-order valence-electron chi connectivity index (χ4n) is 3.13. The Morgan fingerprint density at radius 1 is 1.22 bits per heavy atom. The van der Waals surface area contributed by atoms with Crippen LogP contribution in [0.5, 0.6) is 0 Å². The highest BCUT2D eigenvalue weighted by Gasteiger charge is 2.31. The molecule has 1 aromatic heterocycles. The second-order valence-electron chi connectivity index (χ2n) is 6.41. The zero-order valence-corrected chi connectivity index (χ0v) is 16.1. The molecule has 0 aliphatic carbocycles. The predicted molar refractivity (Wildman–Crippen MR) is 101 cm³/mol. The largest absolute Gasteiger partial charge is 0.466 e. The number of ether oxygens (including phenoxy) is 1. The Morgan fingerprint density at radius 2 is 2.00 bits per heavy atom. The van der Waals surface area contributed by atoms with Gasteiger partial charge in [0.15, 0.2) is 5.76 Å². The van der Waals surface area contributed by atoms with Crippen molar-refractivity contribution in [1.82, 2.24) is 4.90 Å². The van der Waals surface area contributed by atoms with Crippen LogP contribution in [0.1, 0.15) is 36.1 Å². The van der Waals surface area contributed by atoms with E-state index in [1.165, 1.54) is 0 Å². The molecule has 1 aliphatic rings. The van der Waals surface area contributed by atoms with Gasteiger partial charge in [-0.3, -0.25) is 13.8 Å². The molecule has 1 aromatic carbocycles. The van der Waals surface area contributed by atoms with E-state index in [4.69, 9.17) is 9.15 Å². The summed E-state index contributed by atoms with van der Waals surface area (Å²) >= 11 is 0. The van der Waals surface area contributed by atoms with E-state index < -0.39 is 10.8 Å². The van der Waals surface area contributed by atoms with E-state index in [0.29, 0.717) is 25.5 Å². The zero-order chi connectivity index (χ0) is 19.2. The highest BCUT2D eigenvalue weighted by molar-refractivity contribution is 7.84. The summed E-state index contributed by atoms with van der Waals surface area (Å²) < 4.78 is 23.1. The Labute approximate surface area is 160 Å². The van der Waals surface area contributed by atoms with Crippen molar-refractivity contribution in [2.75, 3.05) is 19.7 Å². The van der Waals surface area contributed by atoms with Crippen molar-refractivity contribution >= 4 is 22.7 Å². The van der Waals surface area contributed by atoms with E-state index in [9.17, 15) is 13.8 Å². The van der Waals surface area contributed by atoms with E-state index >= 15 is 0 Å². The number of amides is 1. The maximum Gasteiger partial charge on any atom is 0.310 e. The molecule has 144 valence electrons. The quantitative estimate of drug-likeness (QED) is 0.710. The van der Waals surface area contributed by atoms with Gasteiger partial charge >= 0.3 is 5.97 Å². The molecule has 0 unspecified atom stereocenters. The summed E-state index contributed by atoms with van der Waals surface area (Å²) in [5.41, 5.74) is 0. The number of nitrogens with zero attached hydrogens (tertiary/aromatic N) is 1. The number of likely N-dealkylation sites (tertiary alicyclic amines) is 1. The molecule has 1 amide bonds. The lowest BCUT2D eigenvalue weighted by Crippen LogP contribution is -2.42. The van der Waals surface area contributed by atoms with Gasteiger partial charge in [0.05, 0.1) is 29.1 Å². The molecule has 7 heteroatoms. The lowest BCUT2D eigenvalue weighted by atomic mass is 9.98. The highest BCUT2D eigenvalue weighted by Crippen LogP contribution is 2.21. The van der Waals surface area contributed by atoms with E-state index in [1.807, 2.05) is 18.2 Å². The van der Waals surface area contributed by atoms with Gasteiger partial charge in [-0.25, -0.2) is 0 Å². The van der Waals surface area contributed by atoms with Gasteiger partial charge in [0.1, 0.15) is 5.76 Å². The second kappa shape index (κ2) is 8.99. The first-order chi connectivity index (χ1) is 13.1. The van der Waals surface area contributed by atoms with Gasteiger partial charge < -0.3 is 14.1 Å². The Hall–Kier alpha value is -2.41. The van der Waals surface area contributed by atoms with Crippen LogP contribution in [0.2, 0.25) is 0 Å². The molecule has 1 fully saturated rings. The molecule has 0 radical (unpaired) electrons. The smallest absolute Gasteiger partial charge is 0.310 e. The van der Waals surface area contributed by atoms with Crippen LogP contribution in [0.25, 0.3) is 0 Å². The number of benzene rings is 1. The van der Waals surface area contributed by atoms with E-state index in [0.717, 1.165) is 17.7 Å². The Balaban J connectivity index is 1.62. The van der Waals surface area contributed by atoms with Crippen LogP contribution in [0.15, 0.2) is 51.8 Å². The number of carbonyl (C=O) groups is 2. The van der Waals surface area contributed by atoms with E-state index in [1.54, 1.807) is 36.1 Å². The van der Waals surface area contributed by atoms with Gasteiger partial charge in [-0.05, 0) is 44.0 Å². The van der Waals surface area contributed by atoms with Gasteiger partial charge in [-0.1, -0.05) is 18.2 Å². The average molecular weight is 389 g/mol. The number of hydrogen-bond acceptors (Lipinski definition) is 5. The van der Waals surface area contributed by atoms with Crippen molar-refractivity contribution in [3.63, 3.8) is 0 Å². The molecule has 0 N–H and O–H groups in total. The first-order valence-electron chi connectivity index (χ1n) is 9.06. The van der Waals surface area contributed by atoms with Crippen molar-refractivity contribution in [1.29, 1.82) is 0 Å². The van der Waals surface area contributed by atoms with Gasteiger partial charge in [0.25, 0.3) is 5.91 Å². The van der Waals surface area contributed by atoms with Crippen LogP contribution in [0, 0.1) is 5.92 Å². The first-order valence-corrected chi connectivity index (χ1v) is 10.4. The molecule has 2 heterocycles. The van der Waals surface area contributed by atoms with Crippen molar-refractivity contribution in [3.05, 3.63) is 54.0 Å². The first kappa shape index (κ1) is 19.4. The summed E-state index contributed by atoms with van der Waals surface area (Å²) in [6.07, 6.45) is 1.48. The molecule has 1 saturated heterocycles. The summed E-state index contributed by atoms with van der Waals surface area (Å²) in [6, 6.07) is 12.4. The molecule has 2 atom stereocenters. The summed E-state index contributed by atoms with van der Waals surface area (Å²) in [5.74, 6) is 0.124. The number of rotatable bonds is 6. The third-order valence-corrected chi connectivity index (χ3v) is 5.83. The summed E-state index contributed by atoms with van der Waals surface area (Å²) in [4.78, 5) is 27.0. The monoisotopic (exact) mass is 389 g/mol. The van der Waals surface area contributed by atoms with E-state index in [2.05, 4.69) is 0 Å². The summed E-state index contributed by atoms with van der Waals surface area (Å²) in [6.45, 7) is 3.03. The second-order valence-corrected chi connectivity index (χ2v) is 7.86. The van der Waals surface area contributed by atoms with Crippen molar-refractivity contribution in [2.45, 2.75) is 30.4 Å². The molecule has 0 saturated carbocycles.